The summed E-state index contributed by atoms with van der Waals surface area (Å²) in [5.41, 5.74) is 2.85. The quantitative estimate of drug-likeness (QED) is 0.672. The van der Waals surface area contributed by atoms with Crippen molar-refractivity contribution in [3.8, 4) is 0 Å². The van der Waals surface area contributed by atoms with Crippen molar-refractivity contribution in [3.63, 3.8) is 0 Å². The average Bonchev–Trinajstić information content (AvgIpc) is 2.49. The average molecular weight is 201 g/mol. The molecule has 2 bridgehead atoms. The molecule has 0 N–H and O–H groups in total. The zero-order chi connectivity index (χ0) is 10.3. The van der Waals surface area contributed by atoms with Crippen LogP contribution in [0, 0.1) is 6.92 Å². The second kappa shape index (κ2) is 3.55. The maximum atomic E-state index is 2.69. The number of aryl methyl sites for hydroxylation is 1. The van der Waals surface area contributed by atoms with Gasteiger partial charge >= 0.3 is 0 Å². The maximum Gasteiger partial charge on any atom is 0.0373 e. The number of nitrogens with zero attached hydrogens (tertiary/aromatic N) is 1. The molecule has 2 fully saturated rings. The number of fused-ring (bicyclic) bond motifs is 2. The molecule has 0 radical (unpaired) electrons. The summed E-state index contributed by atoms with van der Waals surface area (Å²) in [5.74, 6) is 0. The van der Waals surface area contributed by atoms with E-state index in [1.165, 1.54) is 43.4 Å². The van der Waals surface area contributed by atoms with E-state index in [1.54, 1.807) is 0 Å². The van der Waals surface area contributed by atoms with Crippen molar-refractivity contribution in [2.45, 2.75) is 51.1 Å². The van der Waals surface area contributed by atoms with E-state index in [9.17, 15) is 0 Å². The molecule has 2 atom stereocenters. The molecule has 0 aliphatic carbocycles. The molecule has 2 saturated heterocycles. The van der Waals surface area contributed by atoms with E-state index in [-0.39, 0.29) is 0 Å². The van der Waals surface area contributed by atoms with Crippen LogP contribution in [-0.2, 0) is 0 Å². The van der Waals surface area contributed by atoms with Gasteiger partial charge in [-0.3, -0.25) is 0 Å². The van der Waals surface area contributed by atoms with Crippen LogP contribution < -0.4 is 4.90 Å². The summed E-state index contributed by atoms with van der Waals surface area (Å²) in [6.45, 7) is 2.19. The summed E-state index contributed by atoms with van der Waals surface area (Å²) in [4.78, 5) is 2.69. The molecule has 0 amide bonds. The number of anilines is 1. The largest absolute Gasteiger partial charge is 0.366 e. The molecule has 2 aliphatic rings. The summed E-state index contributed by atoms with van der Waals surface area (Å²) in [5, 5.41) is 0. The van der Waals surface area contributed by atoms with Crippen LogP contribution in [0.3, 0.4) is 0 Å². The highest BCUT2D eigenvalue weighted by molar-refractivity contribution is 5.51. The lowest BCUT2D eigenvalue weighted by molar-refractivity contribution is 0.468. The van der Waals surface area contributed by atoms with Crippen molar-refractivity contribution in [1.82, 2.24) is 0 Å². The first-order valence-corrected chi connectivity index (χ1v) is 6.19. The molecule has 15 heavy (non-hydrogen) atoms. The standard InChI is InChI=1S/C14H19N/c1-11-4-2-7-14(10-11)15-12-5-3-6-13(15)9-8-12/h2,4,7,10,12-13H,3,5-6,8-9H2,1H3. The first-order chi connectivity index (χ1) is 7.34. The van der Waals surface area contributed by atoms with Crippen molar-refractivity contribution < 1.29 is 0 Å². The Kier molecular flexibility index (Phi) is 2.19. The molecule has 3 rings (SSSR count). The van der Waals surface area contributed by atoms with Gasteiger partial charge in [-0.1, -0.05) is 12.1 Å². The fourth-order valence-electron chi connectivity index (χ4n) is 3.33. The van der Waals surface area contributed by atoms with Crippen molar-refractivity contribution >= 4 is 5.69 Å². The van der Waals surface area contributed by atoms with E-state index in [4.69, 9.17) is 0 Å². The van der Waals surface area contributed by atoms with Gasteiger partial charge in [0.1, 0.15) is 0 Å². The highest BCUT2D eigenvalue weighted by atomic mass is 15.2. The minimum absolute atomic E-state index is 0.838. The second-order valence-electron chi connectivity index (χ2n) is 5.06. The Hall–Kier alpha value is -0.980. The van der Waals surface area contributed by atoms with Gasteiger partial charge in [-0.05, 0) is 56.7 Å². The smallest absolute Gasteiger partial charge is 0.0373 e. The summed E-state index contributed by atoms with van der Waals surface area (Å²) < 4.78 is 0. The monoisotopic (exact) mass is 201 g/mol. The molecule has 1 nitrogen and oxygen atoms in total. The number of rotatable bonds is 1. The van der Waals surface area contributed by atoms with E-state index in [0.717, 1.165) is 12.1 Å². The van der Waals surface area contributed by atoms with Crippen molar-refractivity contribution in [1.29, 1.82) is 0 Å². The lowest BCUT2D eigenvalue weighted by Crippen LogP contribution is -2.39. The minimum atomic E-state index is 0.838. The van der Waals surface area contributed by atoms with Gasteiger partial charge in [0, 0.05) is 17.8 Å². The molecule has 1 heteroatoms. The van der Waals surface area contributed by atoms with Crippen LogP contribution in [0.1, 0.15) is 37.7 Å². The van der Waals surface area contributed by atoms with Crippen molar-refractivity contribution in [2.75, 3.05) is 4.90 Å². The molecule has 2 heterocycles. The van der Waals surface area contributed by atoms with Gasteiger partial charge < -0.3 is 4.90 Å². The van der Waals surface area contributed by atoms with Gasteiger partial charge in [-0.15, -0.1) is 0 Å². The Balaban J connectivity index is 1.93. The third-order valence-corrected chi connectivity index (χ3v) is 3.99. The molecule has 0 aromatic heterocycles. The summed E-state index contributed by atoms with van der Waals surface area (Å²) in [6.07, 6.45) is 7.09. The third kappa shape index (κ3) is 1.54. The van der Waals surface area contributed by atoms with E-state index in [2.05, 4.69) is 36.1 Å². The van der Waals surface area contributed by atoms with Gasteiger partial charge in [0.05, 0.1) is 0 Å². The lowest BCUT2D eigenvalue weighted by Gasteiger charge is -2.37. The lowest BCUT2D eigenvalue weighted by atomic mass is 10.0. The molecular formula is C14H19N. The van der Waals surface area contributed by atoms with Crippen LogP contribution in [0.25, 0.3) is 0 Å². The zero-order valence-electron chi connectivity index (χ0n) is 9.45. The third-order valence-electron chi connectivity index (χ3n) is 3.99. The van der Waals surface area contributed by atoms with Gasteiger partial charge in [-0.2, -0.15) is 0 Å². The van der Waals surface area contributed by atoms with Gasteiger partial charge in [0.2, 0.25) is 0 Å². The van der Waals surface area contributed by atoms with Crippen LogP contribution in [0.2, 0.25) is 0 Å². The van der Waals surface area contributed by atoms with E-state index in [1.807, 2.05) is 0 Å². The molecule has 0 spiro atoms. The fourth-order valence-corrected chi connectivity index (χ4v) is 3.33. The predicted molar refractivity (Wildman–Crippen MR) is 64.3 cm³/mol. The highest BCUT2D eigenvalue weighted by Gasteiger charge is 2.36. The number of piperidine rings is 1. The Morgan fingerprint density at radius 1 is 1.07 bits per heavy atom. The van der Waals surface area contributed by atoms with Crippen LogP contribution in [-0.4, -0.2) is 12.1 Å². The Morgan fingerprint density at radius 3 is 2.47 bits per heavy atom. The van der Waals surface area contributed by atoms with Crippen LogP contribution in [0.15, 0.2) is 24.3 Å². The number of benzene rings is 1. The van der Waals surface area contributed by atoms with Gasteiger partial charge in [0.25, 0.3) is 0 Å². The SMILES string of the molecule is Cc1cccc(N2C3CCCC2CC3)c1. The molecule has 1 aromatic rings. The molecule has 2 aliphatic heterocycles. The minimum Gasteiger partial charge on any atom is -0.366 e. The topological polar surface area (TPSA) is 3.24 Å². The van der Waals surface area contributed by atoms with Crippen LogP contribution in [0.5, 0.6) is 0 Å². The Morgan fingerprint density at radius 2 is 1.80 bits per heavy atom. The Labute approximate surface area is 92.1 Å². The van der Waals surface area contributed by atoms with Gasteiger partial charge in [-0.25, -0.2) is 0 Å². The fraction of sp³-hybridized carbons (Fsp3) is 0.571. The Bertz CT molecular complexity index is 342. The molecule has 0 saturated carbocycles. The summed E-state index contributed by atoms with van der Waals surface area (Å²) >= 11 is 0. The first-order valence-electron chi connectivity index (χ1n) is 6.19. The molecule has 80 valence electrons. The first kappa shape index (κ1) is 9.26. The number of hydrogen-bond acceptors (Lipinski definition) is 1. The molecule has 1 aromatic carbocycles. The van der Waals surface area contributed by atoms with Crippen LogP contribution in [0.4, 0.5) is 5.69 Å². The van der Waals surface area contributed by atoms with Crippen LogP contribution >= 0.6 is 0 Å². The summed E-state index contributed by atoms with van der Waals surface area (Å²) in [6, 6.07) is 10.7. The summed E-state index contributed by atoms with van der Waals surface area (Å²) in [7, 11) is 0. The van der Waals surface area contributed by atoms with Crippen molar-refractivity contribution in [2.24, 2.45) is 0 Å². The van der Waals surface area contributed by atoms with Crippen molar-refractivity contribution in [3.05, 3.63) is 29.8 Å². The molecular weight excluding hydrogens is 182 g/mol. The van der Waals surface area contributed by atoms with E-state index < -0.39 is 0 Å². The predicted octanol–water partition coefficient (Wildman–Crippen LogP) is 3.52. The highest BCUT2D eigenvalue weighted by Crippen LogP contribution is 2.39. The maximum absolute atomic E-state index is 2.69. The van der Waals surface area contributed by atoms with Gasteiger partial charge in [0.15, 0.2) is 0 Å². The van der Waals surface area contributed by atoms with E-state index in [0.29, 0.717) is 0 Å². The van der Waals surface area contributed by atoms with E-state index >= 15 is 0 Å². The normalized spacial score (nSPS) is 29.5. The number of hydrogen-bond donors (Lipinski definition) is 0. The molecule has 2 unspecified atom stereocenters. The second-order valence-corrected chi connectivity index (χ2v) is 5.06. The zero-order valence-corrected chi connectivity index (χ0v) is 9.45.